The normalized spacial score (nSPS) is 23.5. The number of piperidine rings is 2. The van der Waals surface area contributed by atoms with E-state index in [1.165, 1.54) is 24.5 Å². The van der Waals surface area contributed by atoms with Gasteiger partial charge in [0.1, 0.15) is 18.2 Å². The number of nitrogens with two attached hydrogens (primary N) is 2. The van der Waals surface area contributed by atoms with Gasteiger partial charge in [0.05, 0.1) is 12.0 Å². The topological polar surface area (TPSA) is 130 Å². The summed E-state index contributed by atoms with van der Waals surface area (Å²) in [5.41, 5.74) is 11.6. The highest BCUT2D eigenvalue weighted by atomic mass is 35.5. The van der Waals surface area contributed by atoms with Gasteiger partial charge in [-0.1, -0.05) is 11.6 Å². The molecule has 0 bridgehead atoms. The van der Waals surface area contributed by atoms with E-state index in [1.54, 1.807) is 9.80 Å². The largest absolute Gasteiger partial charge is 0.381 e. The van der Waals surface area contributed by atoms with Crippen molar-refractivity contribution < 1.29 is 18.4 Å². The minimum atomic E-state index is -0.749. The van der Waals surface area contributed by atoms with Gasteiger partial charge in [-0.05, 0) is 37.5 Å². The number of nitrogens with zero attached hydrogens (tertiary/aromatic N) is 4. The lowest BCUT2D eigenvalue weighted by molar-refractivity contribution is -0.140. The van der Waals surface area contributed by atoms with Crippen LogP contribution >= 0.6 is 11.6 Å². The van der Waals surface area contributed by atoms with E-state index in [0.29, 0.717) is 38.0 Å². The third-order valence-corrected chi connectivity index (χ3v) is 6.34. The van der Waals surface area contributed by atoms with Crippen LogP contribution in [0.1, 0.15) is 19.3 Å². The molecule has 0 unspecified atom stereocenters. The Hall–Kier alpha value is -3.21. The van der Waals surface area contributed by atoms with E-state index in [4.69, 9.17) is 23.1 Å². The summed E-state index contributed by atoms with van der Waals surface area (Å²) in [4.78, 5) is 36.5. The molecule has 0 saturated carbocycles. The number of carbonyl (C=O) groups excluding carboxylic acids is 2. The fourth-order valence-electron chi connectivity index (χ4n) is 4.57. The van der Waals surface area contributed by atoms with Crippen LogP contribution in [0.4, 0.5) is 26.1 Å². The fraction of sp³-hybridized carbons (Fsp3) is 0.429. The lowest BCUT2D eigenvalue weighted by atomic mass is 9.87. The molecule has 4 rings (SSSR count). The van der Waals surface area contributed by atoms with Gasteiger partial charge < -0.3 is 26.6 Å². The van der Waals surface area contributed by atoms with E-state index in [-0.39, 0.29) is 29.1 Å². The van der Waals surface area contributed by atoms with E-state index in [0.717, 1.165) is 0 Å². The second-order valence-corrected chi connectivity index (χ2v) is 8.67. The Balaban J connectivity index is 1.57. The van der Waals surface area contributed by atoms with E-state index < -0.39 is 35.5 Å². The molecule has 2 saturated heterocycles. The Morgan fingerprint density at radius 1 is 1.18 bits per heavy atom. The molecule has 1 aromatic heterocycles. The Bertz CT molecular complexity index is 1050. The molecule has 1 aromatic carbocycles. The van der Waals surface area contributed by atoms with Gasteiger partial charge in [0, 0.05) is 30.3 Å². The van der Waals surface area contributed by atoms with Crippen LogP contribution in [0.25, 0.3) is 0 Å². The summed E-state index contributed by atoms with van der Waals surface area (Å²) in [6, 6.07) is 2.75. The predicted molar refractivity (Wildman–Crippen MR) is 119 cm³/mol. The molecular weight excluding hydrogens is 456 g/mol. The molecule has 33 heavy (non-hydrogen) atoms. The number of hydrogen-bond donors (Lipinski definition) is 3. The van der Waals surface area contributed by atoms with Gasteiger partial charge in [-0.25, -0.2) is 14.4 Å². The van der Waals surface area contributed by atoms with Crippen LogP contribution < -0.4 is 21.7 Å². The molecule has 2 amide bonds. The van der Waals surface area contributed by atoms with Crippen molar-refractivity contribution in [3.8, 4) is 0 Å². The van der Waals surface area contributed by atoms with E-state index >= 15 is 0 Å². The number of primary amides is 1. The van der Waals surface area contributed by atoms with Crippen LogP contribution in [-0.2, 0) is 9.59 Å². The highest BCUT2D eigenvalue weighted by molar-refractivity contribution is 6.30. The second kappa shape index (κ2) is 9.34. The summed E-state index contributed by atoms with van der Waals surface area (Å²) in [6.45, 7) is 0.895. The van der Waals surface area contributed by atoms with Crippen LogP contribution in [0.15, 0.2) is 24.5 Å². The zero-order chi connectivity index (χ0) is 23.7. The molecule has 0 spiro atoms. The number of likely N-dealkylation sites (tertiary alicyclic amines) is 1. The summed E-state index contributed by atoms with van der Waals surface area (Å²) in [5, 5.41) is 3.25. The average Bonchev–Trinajstić information content (AvgIpc) is 2.76. The van der Waals surface area contributed by atoms with Crippen molar-refractivity contribution in [2.45, 2.75) is 31.3 Å². The maximum Gasteiger partial charge on any atom is 0.245 e. The summed E-state index contributed by atoms with van der Waals surface area (Å²) < 4.78 is 28.3. The summed E-state index contributed by atoms with van der Waals surface area (Å²) in [6.07, 6.45) is 2.67. The highest BCUT2D eigenvalue weighted by Crippen LogP contribution is 2.31. The first-order chi connectivity index (χ1) is 15.7. The average molecular weight is 480 g/mol. The number of hydrogen-bond acceptors (Lipinski definition) is 7. The molecule has 3 heterocycles. The zero-order valence-electron chi connectivity index (χ0n) is 17.7. The third kappa shape index (κ3) is 4.77. The number of halogens is 3. The molecule has 2 aromatic rings. The highest BCUT2D eigenvalue weighted by Gasteiger charge is 2.42. The molecule has 2 fully saturated rings. The van der Waals surface area contributed by atoms with Crippen molar-refractivity contribution >= 4 is 40.7 Å². The Morgan fingerprint density at radius 3 is 2.70 bits per heavy atom. The second-order valence-electron chi connectivity index (χ2n) is 8.24. The first-order valence-electron chi connectivity index (χ1n) is 10.6. The Morgan fingerprint density at radius 2 is 1.97 bits per heavy atom. The molecular formula is C21H24ClF2N7O2. The monoisotopic (exact) mass is 479 g/mol. The number of benzene rings is 1. The third-order valence-electron chi connectivity index (χ3n) is 6.12. The zero-order valence-corrected chi connectivity index (χ0v) is 18.4. The van der Waals surface area contributed by atoms with E-state index in [9.17, 15) is 18.4 Å². The number of rotatable bonds is 5. The lowest BCUT2D eigenvalue weighted by Gasteiger charge is -2.46. The first-order valence-corrected chi connectivity index (χ1v) is 11.0. The lowest BCUT2D eigenvalue weighted by Crippen LogP contribution is -2.61. The minimum Gasteiger partial charge on any atom is -0.381 e. The Labute approximate surface area is 194 Å². The number of nitrogens with one attached hydrogen (secondary N) is 1. The molecule has 2 aliphatic heterocycles. The minimum absolute atomic E-state index is 0.0176. The van der Waals surface area contributed by atoms with E-state index in [2.05, 4.69) is 15.3 Å². The van der Waals surface area contributed by atoms with Crippen molar-refractivity contribution in [2.75, 3.05) is 35.6 Å². The number of carbonyl (C=O) groups is 2. The predicted octanol–water partition coefficient (Wildman–Crippen LogP) is 1.77. The summed E-state index contributed by atoms with van der Waals surface area (Å²) >= 11 is 5.92. The van der Waals surface area contributed by atoms with Gasteiger partial charge in [-0.3, -0.25) is 9.59 Å². The van der Waals surface area contributed by atoms with Crippen molar-refractivity contribution in [3.05, 3.63) is 41.2 Å². The van der Waals surface area contributed by atoms with Crippen molar-refractivity contribution in [2.24, 2.45) is 11.7 Å². The molecule has 3 atom stereocenters. The maximum atomic E-state index is 14.5. The number of amides is 2. The maximum absolute atomic E-state index is 14.5. The Kier molecular flexibility index (Phi) is 6.50. The molecule has 2 aliphatic rings. The van der Waals surface area contributed by atoms with Gasteiger partial charge in [0.2, 0.25) is 17.6 Å². The van der Waals surface area contributed by atoms with Crippen molar-refractivity contribution in [1.82, 2.24) is 14.9 Å². The van der Waals surface area contributed by atoms with Crippen LogP contribution in [0.3, 0.4) is 0 Å². The molecule has 176 valence electrons. The molecule has 0 radical (unpaired) electrons. The van der Waals surface area contributed by atoms with Gasteiger partial charge in [0.25, 0.3) is 0 Å². The van der Waals surface area contributed by atoms with Crippen molar-refractivity contribution in [1.29, 1.82) is 0 Å². The van der Waals surface area contributed by atoms with Crippen LogP contribution in [0.5, 0.6) is 0 Å². The number of anilines is 3. The van der Waals surface area contributed by atoms with Crippen LogP contribution in [0.2, 0.25) is 5.02 Å². The summed E-state index contributed by atoms with van der Waals surface area (Å²) in [7, 11) is 0. The van der Waals surface area contributed by atoms with Crippen LogP contribution in [0, 0.1) is 17.6 Å². The van der Waals surface area contributed by atoms with Gasteiger partial charge in [0.15, 0.2) is 11.6 Å². The van der Waals surface area contributed by atoms with Crippen molar-refractivity contribution in [3.63, 3.8) is 0 Å². The SMILES string of the molecule is NC(=O)[C@H]1CCN(c2ncnc(N)c2F)C[C@@H]1N1CCC[C@@H](Nc2cc(F)cc(Cl)c2)C1=O. The fourth-order valence-corrected chi connectivity index (χ4v) is 4.79. The van der Waals surface area contributed by atoms with E-state index in [1.807, 2.05) is 0 Å². The number of aromatic nitrogens is 2. The van der Waals surface area contributed by atoms with Gasteiger partial charge in [-0.15, -0.1) is 0 Å². The number of nitrogen functional groups attached to an aromatic ring is 1. The van der Waals surface area contributed by atoms with Crippen LogP contribution in [-0.4, -0.2) is 58.4 Å². The quantitative estimate of drug-likeness (QED) is 0.595. The first kappa shape index (κ1) is 23.0. The van der Waals surface area contributed by atoms with Gasteiger partial charge in [-0.2, -0.15) is 4.39 Å². The summed E-state index contributed by atoms with van der Waals surface area (Å²) in [5.74, 6) is -2.90. The molecule has 9 nitrogen and oxygen atoms in total. The molecule has 0 aliphatic carbocycles. The standard InChI is InChI=1S/C21H24ClF2N7O2/c22-11-6-12(23)8-13(7-11)29-15-2-1-4-31(21(15)33)16-9-30(5-3-14(16)19(26)32)20-17(24)18(25)27-10-28-20/h6-8,10,14-16,29H,1-5,9H2,(H2,26,32)(H2,25,27,28)/t14-,15+,16-/m0/s1. The van der Waals surface area contributed by atoms with Gasteiger partial charge >= 0.3 is 0 Å². The smallest absolute Gasteiger partial charge is 0.245 e. The molecule has 5 N–H and O–H groups in total. The molecule has 12 heteroatoms.